The smallest absolute Gasteiger partial charge is 0.274 e. The summed E-state index contributed by atoms with van der Waals surface area (Å²) in [5.41, 5.74) is 5.99. The summed E-state index contributed by atoms with van der Waals surface area (Å²) in [7, 11) is 0. The van der Waals surface area contributed by atoms with Gasteiger partial charge >= 0.3 is 0 Å². The normalized spacial score (nSPS) is 11.1. The maximum atomic E-state index is 12.8. The average Bonchev–Trinajstić information content (AvgIpc) is 3.58. The molecular formula is C30H24BrClN8O. The Hall–Kier alpha value is -4.54. The Morgan fingerprint density at radius 3 is 2.39 bits per heavy atom. The van der Waals surface area contributed by atoms with Gasteiger partial charge in [-0.05, 0) is 52.2 Å². The number of aromatic nitrogens is 6. The Labute approximate surface area is 249 Å². The number of halogens is 2. The highest BCUT2D eigenvalue weighted by atomic mass is 79.9. The van der Waals surface area contributed by atoms with Crippen molar-refractivity contribution in [2.45, 2.75) is 20.0 Å². The highest BCUT2D eigenvalue weighted by Gasteiger charge is 2.16. The quantitative estimate of drug-likeness (QED) is 0.207. The first kappa shape index (κ1) is 26.7. The second kappa shape index (κ2) is 11.5. The fourth-order valence-corrected chi connectivity index (χ4v) is 4.95. The molecular weight excluding hydrogens is 604 g/mol. The lowest BCUT2D eigenvalue weighted by atomic mass is 10.1. The van der Waals surface area contributed by atoms with Crippen LogP contribution in [-0.4, -0.2) is 35.5 Å². The molecule has 0 saturated heterocycles. The molecule has 0 aliphatic carbocycles. The third-order valence-corrected chi connectivity index (χ3v) is 7.40. The van der Waals surface area contributed by atoms with Gasteiger partial charge in [-0.2, -0.15) is 19.5 Å². The van der Waals surface area contributed by atoms with E-state index in [2.05, 4.69) is 41.9 Å². The van der Waals surface area contributed by atoms with Crippen molar-refractivity contribution in [2.75, 3.05) is 5.32 Å². The maximum absolute atomic E-state index is 12.8. The number of carbonyl (C=O) groups is 1. The van der Waals surface area contributed by atoms with Crippen molar-refractivity contribution < 1.29 is 4.79 Å². The molecule has 3 aromatic carbocycles. The number of rotatable bonds is 8. The van der Waals surface area contributed by atoms with Crippen LogP contribution < -0.4 is 10.6 Å². The van der Waals surface area contributed by atoms with Gasteiger partial charge in [0.2, 0.25) is 0 Å². The number of amides is 1. The van der Waals surface area contributed by atoms with Crippen molar-refractivity contribution in [3.8, 4) is 16.9 Å². The van der Waals surface area contributed by atoms with Crippen molar-refractivity contribution in [3.05, 3.63) is 123 Å². The summed E-state index contributed by atoms with van der Waals surface area (Å²) in [6.07, 6.45) is 1.72. The van der Waals surface area contributed by atoms with Gasteiger partial charge in [0.15, 0.2) is 11.3 Å². The summed E-state index contributed by atoms with van der Waals surface area (Å²) in [5.74, 6) is 0.516. The highest BCUT2D eigenvalue weighted by Crippen LogP contribution is 2.30. The fraction of sp³-hybridized carbons (Fsp3) is 0.100. The number of nitrogens with one attached hydrogen (secondary N) is 2. The number of hydrogen-bond acceptors (Lipinski definition) is 6. The van der Waals surface area contributed by atoms with Crippen molar-refractivity contribution in [1.29, 1.82) is 0 Å². The minimum atomic E-state index is -0.267. The van der Waals surface area contributed by atoms with Crippen LogP contribution in [0, 0.1) is 6.92 Å². The van der Waals surface area contributed by atoms with Gasteiger partial charge in [-0.3, -0.25) is 4.79 Å². The number of fused-ring (bicyclic) bond motifs is 1. The van der Waals surface area contributed by atoms with E-state index in [1.807, 2.05) is 84.9 Å². The monoisotopic (exact) mass is 626 g/mol. The van der Waals surface area contributed by atoms with Crippen LogP contribution in [0.2, 0.25) is 5.02 Å². The van der Waals surface area contributed by atoms with Gasteiger partial charge in [-0.15, -0.1) is 5.10 Å². The molecule has 0 atom stereocenters. The van der Waals surface area contributed by atoms with E-state index < -0.39 is 0 Å². The summed E-state index contributed by atoms with van der Waals surface area (Å²) in [4.78, 5) is 19.0. The molecule has 204 valence electrons. The molecule has 0 bridgehead atoms. The summed E-state index contributed by atoms with van der Waals surface area (Å²) >= 11 is 9.99. The Kier molecular flexibility index (Phi) is 7.49. The Morgan fingerprint density at radius 1 is 0.927 bits per heavy atom. The lowest BCUT2D eigenvalue weighted by Gasteiger charge is -2.12. The predicted molar refractivity (Wildman–Crippen MR) is 162 cm³/mol. The molecule has 11 heteroatoms. The van der Waals surface area contributed by atoms with Gasteiger partial charge in [0.05, 0.1) is 27.7 Å². The van der Waals surface area contributed by atoms with Crippen LogP contribution in [0.15, 0.2) is 95.6 Å². The van der Waals surface area contributed by atoms with Gasteiger partial charge in [0, 0.05) is 29.7 Å². The topological polar surface area (TPSA) is 102 Å². The highest BCUT2D eigenvalue weighted by molar-refractivity contribution is 9.10. The molecule has 0 saturated carbocycles. The molecule has 1 amide bonds. The van der Waals surface area contributed by atoms with Crippen LogP contribution in [0.25, 0.3) is 22.6 Å². The van der Waals surface area contributed by atoms with E-state index in [0.29, 0.717) is 35.1 Å². The van der Waals surface area contributed by atoms with Crippen LogP contribution in [0.1, 0.15) is 27.3 Å². The van der Waals surface area contributed by atoms with Crippen LogP contribution in [0.5, 0.6) is 0 Å². The molecule has 0 fully saturated rings. The average molecular weight is 628 g/mol. The predicted octanol–water partition coefficient (Wildman–Crippen LogP) is 6.24. The van der Waals surface area contributed by atoms with E-state index in [1.54, 1.807) is 17.6 Å². The number of para-hydroxylation sites is 1. The second-order valence-electron chi connectivity index (χ2n) is 9.35. The lowest BCUT2D eigenvalue weighted by Crippen LogP contribution is -2.24. The molecule has 2 N–H and O–H groups in total. The van der Waals surface area contributed by atoms with Crippen molar-refractivity contribution in [2.24, 2.45) is 0 Å². The zero-order valence-electron chi connectivity index (χ0n) is 21.9. The maximum Gasteiger partial charge on any atom is 0.274 e. The molecule has 3 heterocycles. The molecule has 9 nitrogen and oxygen atoms in total. The van der Waals surface area contributed by atoms with Crippen LogP contribution in [0.4, 0.5) is 5.82 Å². The lowest BCUT2D eigenvalue weighted by molar-refractivity contribution is 0.0945. The number of aryl methyl sites for hydroxylation is 1. The molecule has 0 spiro atoms. The van der Waals surface area contributed by atoms with E-state index in [0.717, 1.165) is 38.4 Å². The minimum absolute atomic E-state index is 0.267. The standard InChI is InChI=1S/C30H24BrClN8O/c1-19-28(38-40(37-19)22-7-3-2-4-8-22)30(41)34-17-21-13-11-20(12-14-21)16-33-27-15-26(23-9-5-6-10-25(23)32)36-29-24(31)18-35-39(27)29/h2-15,18,33H,16-17H2,1H3,(H,34,41). The molecule has 6 aromatic rings. The summed E-state index contributed by atoms with van der Waals surface area (Å²) in [6.45, 7) is 2.71. The number of benzene rings is 3. The third-order valence-electron chi connectivity index (χ3n) is 6.51. The summed E-state index contributed by atoms with van der Waals surface area (Å²) < 4.78 is 2.54. The third kappa shape index (κ3) is 5.70. The van der Waals surface area contributed by atoms with Crippen molar-refractivity contribution in [1.82, 2.24) is 34.9 Å². The van der Waals surface area contributed by atoms with E-state index >= 15 is 0 Å². The molecule has 6 rings (SSSR count). The first-order valence-electron chi connectivity index (χ1n) is 12.8. The molecule has 0 unspecified atom stereocenters. The Bertz CT molecular complexity index is 1850. The zero-order chi connectivity index (χ0) is 28.3. The molecule has 0 radical (unpaired) electrons. The fourth-order valence-electron chi connectivity index (χ4n) is 4.37. The zero-order valence-corrected chi connectivity index (χ0v) is 24.3. The largest absolute Gasteiger partial charge is 0.366 e. The molecule has 0 aliphatic rings. The van der Waals surface area contributed by atoms with E-state index in [-0.39, 0.29) is 5.91 Å². The number of nitrogens with zero attached hydrogens (tertiary/aromatic N) is 6. The van der Waals surface area contributed by atoms with Gasteiger partial charge in [-0.25, -0.2) is 4.98 Å². The van der Waals surface area contributed by atoms with Crippen LogP contribution >= 0.6 is 27.5 Å². The van der Waals surface area contributed by atoms with Gasteiger partial charge in [0.25, 0.3) is 5.91 Å². The van der Waals surface area contributed by atoms with Gasteiger partial charge in [-0.1, -0.05) is 72.3 Å². The number of hydrogen-bond donors (Lipinski definition) is 2. The second-order valence-corrected chi connectivity index (χ2v) is 10.6. The number of anilines is 1. The molecule has 0 aliphatic heterocycles. The summed E-state index contributed by atoms with van der Waals surface area (Å²) in [6, 6.07) is 27.1. The molecule has 41 heavy (non-hydrogen) atoms. The minimum Gasteiger partial charge on any atom is -0.366 e. The Balaban J connectivity index is 1.12. The SMILES string of the molecule is Cc1nn(-c2ccccc2)nc1C(=O)NCc1ccc(CNc2cc(-c3ccccc3Cl)nc3c(Br)cnn23)cc1. The first-order valence-corrected chi connectivity index (χ1v) is 14.0. The van der Waals surface area contributed by atoms with Crippen molar-refractivity contribution >= 4 is 44.9 Å². The molecule has 3 aromatic heterocycles. The van der Waals surface area contributed by atoms with E-state index in [4.69, 9.17) is 16.6 Å². The Morgan fingerprint density at radius 2 is 1.63 bits per heavy atom. The van der Waals surface area contributed by atoms with Gasteiger partial charge in [0.1, 0.15) is 5.82 Å². The van der Waals surface area contributed by atoms with Crippen molar-refractivity contribution in [3.63, 3.8) is 0 Å². The van der Waals surface area contributed by atoms with Gasteiger partial charge < -0.3 is 10.6 Å². The van der Waals surface area contributed by atoms with Crippen LogP contribution in [-0.2, 0) is 13.1 Å². The summed E-state index contributed by atoms with van der Waals surface area (Å²) in [5, 5.41) is 20.3. The van der Waals surface area contributed by atoms with Crippen LogP contribution in [0.3, 0.4) is 0 Å². The number of carbonyl (C=O) groups excluding carboxylic acids is 1. The van der Waals surface area contributed by atoms with E-state index in [9.17, 15) is 4.79 Å². The van der Waals surface area contributed by atoms with E-state index in [1.165, 1.54) is 4.80 Å². The first-order chi connectivity index (χ1) is 20.0.